The molecule has 1 aromatic heterocycles. The summed E-state index contributed by atoms with van der Waals surface area (Å²) in [4.78, 5) is 13.7. The maximum absolute atomic E-state index is 10.6. The summed E-state index contributed by atoms with van der Waals surface area (Å²) in [6.45, 7) is 1.51. The van der Waals surface area contributed by atoms with E-state index in [1.54, 1.807) is 6.07 Å². The molecule has 0 aliphatic carbocycles. The summed E-state index contributed by atoms with van der Waals surface area (Å²) >= 11 is 0. The van der Waals surface area contributed by atoms with Crippen molar-refractivity contribution in [3.8, 4) is 17.9 Å². The second-order valence-corrected chi connectivity index (χ2v) is 2.65. The van der Waals surface area contributed by atoms with E-state index < -0.39 is 4.92 Å². The van der Waals surface area contributed by atoms with E-state index in [1.807, 2.05) is 0 Å². The highest BCUT2D eigenvalue weighted by molar-refractivity contribution is 5.62. The van der Waals surface area contributed by atoms with Gasteiger partial charge in [0.2, 0.25) is 5.82 Å². The van der Waals surface area contributed by atoms with E-state index in [-0.39, 0.29) is 11.5 Å². The van der Waals surface area contributed by atoms with Crippen LogP contribution < -0.4 is 5.73 Å². The number of nitrogen functional groups attached to an aromatic ring is 1. The van der Waals surface area contributed by atoms with Gasteiger partial charge in [-0.3, -0.25) is 10.1 Å². The van der Waals surface area contributed by atoms with E-state index in [9.17, 15) is 10.1 Å². The van der Waals surface area contributed by atoms with Crippen molar-refractivity contribution < 1.29 is 4.92 Å². The SMILES string of the molecule is Cc1c(C#CC#N)cnc(N)c1[N+](=O)[O-]. The number of nitriles is 1. The van der Waals surface area contributed by atoms with Gasteiger partial charge in [0.1, 0.15) is 0 Å². The number of anilines is 1. The van der Waals surface area contributed by atoms with Gasteiger partial charge in [0.05, 0.1) is 10.5 Å². The first-order valence-corrected chi connectivity index (χ1v) is 3.87. The minimum absolute atomic E-state index is 0.153. The Bertz CT molecular complexity index is 519. The normalized spacial score (nSPS) is 8.53. The monoisotopic (exact) mass is 202 g/mol. The first-order valence-electron chi connectivity index (χ1n) is 3.87. The van der Waals surface area contributed by atoms with Crippen LogP contribution in [-0.2, 0) is 0 Å². The summed E-state index contributed by atoms with van der Waals surface area (Å²) in [5, 5.41) is 18.9. The van der Waals surface area contributed by atoms with Gasteiger partial charge in [0.25, 0.3) is 0 Å². The van der Waals surface area contributed by atoms with Crippen LogP contribution >= 0.6 is 0 Å². The van der Waals surface area contributed by atoms with Crippen molar-refractivity contribution in [2.45, 2.75) is 6.92 Å². The molecule has 0 radical (unpaired) electrons. The highest BCUT2D eigenvalue weighted by Gasteiger charge is 2.18. The summed E-state index contributed by atoms with van der Waals surface area (Å²) in [6.07, 6.45) is 1.31. The van der Waals surface area contributed by atoms with Crippen molar-refractivity contribution >= 4 is 11.5 Å². The number of nitrogens with zero attached hydrogens (tertiary/aromatic N) is 3. The third kappa shape index (κ3) is 2.01. The smallest absolute Gasteiger partial charge is 0.315 e. The molecule has 0 unspecified atom stereocenters. The van der Waals surface area contributed by atoms with Crippen molar-refractivity contribution in [1.29, 1.82) is 5.26 Å². The molecule has 2 N–H and O–H groups in total. The van der Waals surface area contributed by atoms with E-state index in [2.05, 4.69) is 16.8 Å². The lowest BCUT2D eigenvalue weighted by Gasteiger charge is -2.01. The quantitative estimate of drug-likeness (QED) is 0.411. The molecule has 0 aliphatic rings. The van der Waals surface area contributed by atoms with Crippen LogP contribution in [0, 0.1) is 40.2 Å². The molecule has 0 fully saturated rings. The van der Waals surface area contributed by atoms with Crippen LogP contribution in [0.4, 0.5) is 11.5 Å². The zero-order valence-electron chi connectivity index (χ0n) is 7.81. The second kappa shape index (κ2) is 4.07. The Balaban J connectivity index is 3.43. The van der Waals surface area contributed by atoms with E-state index in [1.165, 1.54) is 13.1 Å². The summed E-state index contributed by atoms with van der Waals surface area (Å²) in [7, 11) is 0. The minimum atomic E-state index is -0.616. The lowest BCUT2D eigenvalue weighted by atomic mass is 10.1. The van der Waals surface area contributed by atoms with Crippen LogP contribution in [0.15, 0.2) is 6.20 Å². The van der Waals surface area contributed by atoms with Crippen LogP contribution in [0.2, 0.25) is 0 Å². The predicted molar refractivity (Wildman–Crippen MR) is 52.5 cm³/mol. The maximum Gasteiger partial charge on any atom is 0.315 e. The van der Waals surface area contributed by atoms with Gasteiger partial charge in [-0.05, 0) is 12.8 Å². The standard InChI is InChI=1S/C9H6N4O2/c1-6-7(3-2-4-10)5-12-9(11)8(6)13(14)15/h5H,1H3,(H2,11,12). The first kappa shape index (κ1) is 10.5. The zero-order valence-corrected chi connectivity index (χ0v) is 7.81. The number of hydrogen-bond donors (Lipinski definition) is 1. The predicted octanol–water partition coefficient (Wildman–Crippen LogP) is 0.755. The lowest BCUT2D eigenvalue weighted by Crippen LogP contribution is -2.02. The van der Waals surface area contributed by atoms with Crippen molar-refractivity contribution in [2.75, 3.05) is 5.73 Å². The van der Waals surface area contributed by atoms with Gasteiger partial charge < -0.3 is 5.73 Å². The topological polar surface area (TPSA) is 106 Å². The van der Waals surface area contributed by atoms with Crippen LogP contribution in [0.5, 0.6) is 0 Å². The Kier molecular flexibility index (Phi) is 2.85. The van der Waals surface area contributed by atoms with Gasteiger partial charge in [-0.1, -0.05) is 0 Å². The average Bonchev–Trinajstić information content (AvgIpc) is 2.16. The Morgan fingerprint density at radius 3 is 2.87 bits per heavy atom. The van der Waals surface area contributed by atoms with Crippen LogP contribution in [-0.4, -0.2) is 9.91 Å². The Morgan fingerprint density at radius 1 is 1.67 bits per heavy atom. The van der Waals surface area contributed by atoms with E-state index >= 15 is 0 Å². The fourth-order valence-electron chi connectivity index (χ4n) is 1.06. The molecular weight excluding hydrogens is 196 g/mol. The molecule has 0 atom stereocenters. The van der Waals surface area contributed by atoms with E-state index in [4.69, 9.17) is 11.0 Å². The molecule has 0 amide bonds. The molecule has 0 aromatic carbocycles. The fourth-order valence-corrected chi connectivity index (χ4v) is 1.06. The molecule has 1 aromatic rings. The molecule has 6 heteroatoms. The van der Waals surface area contributed by atoms with Gasteiger partial charge in [-0.2, -0.15) is 5.26 Å². The summed E-state index contributed by atoms with van der Waals surface area (Å²) in [5.41, 5.74) is 5.74. The summed E-state index contributed by atoms with van der Waals surface area (Å²) < 4.78 is 0. The number of nitrogens with two attached hydrogens (primary N) is 1. The van der Waals surface area contributed by atoms with Gasteiger partial charge in [0, 0.05) is 17.7 Å². The van der Waals surface area contributed by atoms with E-state index in [0.717, 1.165) is 0 Å². The lowest BCUT2D eigenvalue weighted by molar-refractivity contribution is -0.384. The zero-order chi connectivity index (χ0) is 11.4. The first-order chi connectivity index (χ1) is 7.07. The van der Waals surface area contributed by atoms with Gasteiger partial charge >= 0.3 is 5.69 Å². The highest BCUT2D eigenvalue weighted by Crippen LogP contribution is 2.25. The Labute approximate surface area is 85.5 Å². The number of nitro groups is 1. The molecule has 0 saturated carbocycles. The van der Waals surface area contributed by atoms with Crippen molar-refractivity contribution in [2.24, 2.45) is 0 Å². The van der Waals surface area contributed by atoms with E-state index in [0.29, 0.717) is 11.1 Å². The molecule has 6 nitrogen and oxygen atoms in total. The minimum Gasteiger partial charge on any atom is -0.378 e. The molecule has 0 spiro atoms. The molecule has 15 heavy (non-hydrogen) atoms. The number of aromatic nitrogens is 1. The van der Waals surface area contributed by atoms with Gasteiger partial charge in [-0.25, -0.2) is 4.98 Å². The number of rotatable bonds is 1. The molecule has 0 bridgehead atoms. The maximum atomic E-state index is 10.6. The fraction of sp³-hybridized carbons (Fsp3) is 0.111. The van der Waals surface area contributed by atoms with Crippen molar-refractivity contribution in [1.82, 2.24) is 4.98 Å². The molecule has 1 rings (SSSR count). The Hall–Kier alpha value is -2.60. The molecular formula is C9H6N4O2. The average molecular weight is 202 g/mol. The summed E-state index contributed by atoms with van der Waals surface area (Å²) in [5.74, 6) is 4.44. The third-order valence-electron chi connectivity index (χ3n) is 1.77. The molecule has 0 saturated heterocycles. The third-order valence-corrected chi connectivity index (χ3v) is 1.77. The van der Waals surface area contributed by atoms with Crippen molar-refractivity contribution in [3.63, 3.8) is 0 Å². The van der Waals surface area contributed by atoms with Crippen LogP contribution in [0.25, 0.3) is 0 Å². The van der Waals surface area contributed by atoms with Crippen LogP contribution in [0.3, 0.4) is 0 Å². The molecule has 1 heterocycles. The van der Waals surface area contributed by atoms with Gasteiger partial charge in [0.15, 0.2) is 6.07 Å². The van der Waals surface area contributed by atoms with Crippen molar-refractivity contribution in [3.05, 3.63) is 27.4 Å². The van der Waals surface area contributed by atoms with Crippen LogP contribution in [0.1, 0.15) is 11.1 Å². The second-order valence-electron chi connectivity index (χ2n) is 2.65. The van der Waals surface area contributed by atoms with Gasteiger partial charge in [-0.15, -0.1) is 0 Å². The molecule has 0 aliphatic heterocycles. The Morgan fingerprint density at radius 2 is 2.33 bits per heavy atom. The largest absolute Gasteiger partial charge is 0.378 e. The number of pyridine rings is 1. The highest BCUT2D eigenvalue weighted by atomic mass is 16.6. The number of hydrogen-bond acceptors (Lipinski definition) is 5. The summed E-state index contributed by atoms with van der Waals surface area (Å²) in [6, 6.07) is 1.62. The molecule has 74 valence electrons.